The van der Waals surface area contributed by atoms with Gasteiger partial charge < -0.3 is 15.8 Å². The molecule has 1 aliphatic heterocycles. The third kappa shape index (κ3) is 2.26. The molecule has 6 nitrogen and oxygen atoms in total. The average molecular weight is 263 g/mol. The van der Waals surface area contributed by atoms with Crippen molar-refractivity contribution in [3.8, 4) is 5.75 Å². The van der Waals surface area contributed by atoms with E-state index in [0.717, 1.165) is 4.90 Å². The maximum absolute atomic E-state index is 12.5. The van der Waals surface area contributed by atoms with Gasteiger partial charge in [0.25, 0.3) is 11.8 Å². The predicted octanol–water partition coefficient (Wildman–Crippen LogP) is 0.519. The number of hydrogen-bond donors (Lipinski definition) is 2. The number of hydrogen-bond acceptors (Lipinski definition) is 5. The van der Waals surface area contributed by atoms with Crippen LogP contribution >= 0.6 is 0 Å². The second-order valence-electron chi connectivity index (χ2n) is 4.93. The monoisotopic (exact) mass is 263 g/mol. The molecule has 2 amide bonds. The fourth-order valence-electron chi connectivity index (χ4n) is 1.78. The van der Waals surface area contributed by atoms with E-state index >= 15 is 0 Å². The summed E-state index contributed by atoms with van der Waals surface area (Å²) in [5.74, 6) is -0.254. The number of nitrogen functional groups attached to an aromatic ring is 1. The number of amides is 2. The Bertz CT molecular complexity index is 540. The number of carbonyl (C=O) groups is 2. The van der Waals surface area contributed by atoms with E-state index in [4.69, 9.17) is 10.5 Å². The Balaban J connectivity index is 2.49. The number of benzene rings is 1. The van der Waals surface area contributed by atoms with Crippen LogP contribution in [0.2, 0.25) is 0 Å². The van der Waals surface area contributed by atoms with Gasteiger partial charge in [-0.3, -0.25) is 9.59 Å². The van der Waals surface area contributed by atoms with Crippen LogP contribution < -0.4 is 20.7 Å². The zero-order chi connectivity index (χ0) is 14.2. The van der Waals surface area contributed by atoms with Crippen LogP contribution in [-0.2, 0) is 9.59 Å². The lowest BCUT2D eigenvalue weighted by Crippen LogP contribution is -2.56. The molecule has 0 saturated heterocycles. The van der Waals surface area contributed by atoms with Crippen LogP contribution in [0.1, 0.15) is 13.8 Å². The first-order chi connectivity index (χ1) is 8.86. The zero-order valence-electron chi connectivity index (χ0n) is 11.2. The number of carbonyl (C=O) groups excluding carboxylic acids is 2. The molecule has 0 aromatic heterocycles. The first-order valence-corrected chi connectivity index (χ1v) is 5.95. The summed E-state index contributed by atoms with van der Waals surface area (Å²) in [5, 5.41) is 2.89. The summed E-state index contributed by atoms with van der Waals surface area (Å²) >= 11 is 0. The first kappa shape index (κ1) is 13.4. The van der Waals surface area contributed by atoms with Crippen molar-refractivity contribution >= 4 is 23.2 Å². The van der Waals surface area contributed by atoms with Crippen molar-refractivity contribution in [1.82, 2.24) is 5.32 Å². The Labute approximate surface area is 111 Å². The second-order valence-corrected chi connectivity index (χ2v) is 4.93. The minimum absolute atomic E-state index is 0.150. The summed E-state index contributed by atoms with van der Waals surface area (Å²) < 4.78 is 5.30. The smallest absolute Gasteiger partial charge is 0.271 e. The predicted molar refractivity (Wildman–Crippen MR) is 72.0 cm³/mol. The van der Waals surface area contributed by atoms with Gasteiger partial charge in [0, 0.05) is 5.69 Å². The van der Waals surface area contributed by atoms with Gasteiger partial charge in [-0.15, -0.1) is 0 Å². The molecule has 19 heavy (non-hydrogen) atoms. The number of nitrogens with one attached hydrogen (secondary N) is 1. The number of ether oxygens (including phenoxy) is 1. The summed E-state index contributed by atoms with van der Waals surface area (Å²) in [6.07, 6.45) is 0. The molecule has 0 aliphatic carbocycles. The highest BCUT2D eigenvalue weighted by Crippen LogP contribution is 2.34. The molecule has 1 aliphatic rings. The zero-order valence-corrected chi connectivity index (χ0v) is 11.2. The minimum atomic E-state index is -0.852. The molecule has 1 aromatic carbocycles. The highest BCUT2D eigenvalue weighted by Gasteiger charge is 2.38. The number of nitrogens with two attached hydrogens (primary N) is 1. The lowest BCUT2D eigenvalue weighted by Gasteiger charge is -2.33. The average Bonchev–Trinajstić information content (AvgIpc) is 2.37. The largest absolute Gasteiger partial charge is 0.482 e. The molecular weight excluding hydrogens is 246 g/mol. The highest BCUT2D eigenvalue weighted by molar-refractivity contribution is 6.20. The SMILES string of the molecule is CNC(C)(C)C(=O)N1C(=O)COc2ccc(N)cc21. The molecule has 0 saturated carbocycles. The van der Waals surface area contributed by atoms with Crippen molar-refractivity contribution in [2.45, 2.75) is 19.4 Å². The number of nitrogens with zero attached hydrogens (tertiary/aromatic N) is 1. The lowest BCUT2D eigenvalue weighted by atomic mass is 10.0. The number of imide groups is 1. The molecular formula is C13H17N3O3. The number of likely N-dealkylation sites (N-methyl/N-ethyl adjacent to an activating group) is 1. The van der Waals surface area contributed by atoms with Gasteiger partial charge in [0.15, 0.2) is 6.61 Å². The molecule has 6 heteroatoms. The van der Waals surface area contributed by atoms with Crippen molar-refractivity contribution in [2.75, 3.05) is 24.3 Å². The van der Waals surface area contributed by atoms with Crippen molar-refractivity contribution < 1.29 is 14.3 Å². The molecule has 1 heterocycles. The summed E-state index contributed by atoms with van der Waals surface area (Å²) in [6, 6.07) is 4.89. The molecule has 0 spiro atoms. The first-order valence-electron chi connectivity index (χ1n) is 5.95. The van der Waals surface area contributed by atoms with Crippen molar-refractivity contribution in [2.24, 2.45) is 0 Å². The molecule has 102 valence electrons. The maximum Gasteiger partial charge on any atom is 0.271 e. The van der Waals surface area contributed by atoms with Gasteiger partial charge in [-0.25, -0.2) is 4.90 Å². The third-order valence-electron chi connectivity index (χ3n) is 3.19. The fraction of sp³-hybridized carbons (Fsp3) is 0.385. The van der Waals surface area contributed by atoms with E-state index in [1.165, 1.54) is 0 Å². The number of fused-ring (bicyclic) bond motifs is 1. The lowest BCUT2D eigenvalue weighted by molar-refractivity contribution is -0.131. The molecule has 0 fully saturated rings. The van der Waals surface area contributed by atoms with E-state index in [0.29, 0.717) is 17.1 Å². The van der Waals surface area contributed by atoms with Crippen LogP contribution in [0.25, 0.3) is 0 Å². The molecule has 1 aromatic rings. The Kier molecular flexibility index (Phi) is 3.20. The molecule has 0 radical (unpaired) electrons. The van der Waals surface area contributed by atoms with Crippen molar-refractivity contribution in [3.05, 3.63) is 18.2 Å². The van der Waals surface area contributed by atoms with Crippen LogP contribution in [-0.4, -0.2) is 31.0 Å². The van der Waals surface area contributed by atoms with Crippen LogP contribution in [0.3, 0.4) is 0 Å². The minimum Gasteiger partial charge on any atom is -0.482 e. The Hall–Kier alpha value is -2.08. The van der Waals surface area contributed by atoms with Crippen LogP contribution in [0.5, 0.6) is 5.75 Å². The topological polar surface area (TPSA) is 84.7 Å². The summed E-state index contributed by atoms with van der Waals surface area (Å²) in [7, 11) is 1.67. The van der Waals surface area contributed by atoms with Crippen molar-refractivity contribution in [1.29, 1.82) is 0 Å². The quantitative estimate of drug-likeness (QED) is 0.760. The van der Waals surface area contributed by atoms with E-state index in [2.05, 4.69) is 5.32 Å². The highest BCUT2D eigenvalue weighted by atomic mass is 16.5. The molecule has 2 rings (SSSR count). The van der Waals surface area contributed by atoms with Crippen LogP contribution in [0.4, 0.5) is 11.4 Å². The van der Waals surface area contributed by atoms with E-state index in [1.807, 2.05) is 0 Å². The van der Waals surface area contributed by atoms with Gasteiger partial charge in [0.2, 0.25) is 0 Å². The number of anilines is 2. The summed E-state index contributed by atoms with van der Waals surface area (Å²) in [4.78, 5) is 25.6. The standard InChI is InChI=1S/C13H17N3O3/c1-13(2,15-3)12(18)16-9-6-8(14)4-5-10(9)19-7-11(16)17/h4-6,15H,7,14H2,1-3H3. The Morgan fingerprint density at radius 1 is 1.47 bits per heavy atom. The van der Waals surface area contributed by atoms with Crippen LogP contribution in [0.15, 0.2) is 18.2 Å². The molecule has 0 bridgehead atoms. The van der Waals surface area contributed by atoms with Gasteiger partial charge in [0.1, 0.15) is 5.75 Å². The Morgan fingerprint density at radius 2 is 2.16 bits per heavy atom. The van der Waals surface area contributed by atoms with Gasteiger partial charge in [0.05, 0.1) is 11.2 Å². The maximum atomic E-state index is 12.5. The Morgan fingerprint density at radius 3 is 2.79 bits per heavy atom. The van der Waals surface area contributed by atoms with E-state index in [1.54, 1.807) is 39.1 Å². The van der Waals surface area contributed by atoms with Gasteiger partial charge >= 0.3 is 0 Å². The summed E-state index contributed by atoms with van der Waals surface area (Å²) in [6.45, 7) is 3.27. The van der Waals surface area contributed by atoms with E-state index in [-0.39, 0.29) is 12.5 Å². The number of rotatable bonds is 2. The van der Waals surface area contributed by atoms with Crippen molar-refractivity contribution in [3.63, 3.8) is 0 Å². The van der Waals surface area contributed by atoms with Gasteiger partial charge in [-0.05, 0) is 39.1 Å². The normalized spacial score (nSPS) is 14.9. The molecule has 0 atom stereocenters. The molecule has 0 unspecified atom stereocenters. The van der Waals surface area contributed by atoms with E-state index < -0.39 is 11.4 Å². The second kappa shape index (κ2) is 4.55. The van der Waals surface area contributed by atoms with Gasteiger partial charge in [-0.1, -0.05) is 0 Å². The van der Waals surface area contributed by atoms with Crippen LogP contribution in [0, 0.1) is 0 Å². The van der Waals surface area contributed by atoms with E-state index in [9.17, 15) is 9.59 Å². The van der Waals surface area contributed by atoms with Gasteiger partial charge in [-0.2, -0.15) is 0 Å². The summed E-state index contributed by atoms with van der Waals surface area (Å²) in [5.41, 5.74) is 5.72. The fourth-order valence-corrected chi connectivity index (χ4v) is 1.78. The third-order valence-corrected chi connectivity index (χ3v) is 3.19. The molecule has 3 N–H and O–H groups in total.